The normalized spacial score (nSPS) is 25.2. The van der Waals surface area contributed by atoms with Crippen LogP contribution in [0.5, 0.6) is 5.75 Å². The third kappa shape index (κ3) is 2.69. The van der Waals surface area contributed by atoms with Gasteiger partial charge in [0.1, 0.15) is 5.75 Å². The van der Waals surface area contributed by atoms with Gasteiger partial charge < -0.3 is 14.4 Å². The Morgan fingerprint density at radius 3 is 3.10 bits per heavy atom. The fourth-order valence-corrected chi connectivity index (χ4v) is 3.16. The second-order valence-electron chi connectivity index (χ2n) is 5.35. The molecule has 1 saturated heterocycles. The van der Waals surface area contributed by atoms with Crippen molar-refractivity contribution in [3.05, 3.63) is 29.3 Å². The molecule has 0 spiro atoms. The Hall–Kier alpha value is -1.07. The van der Waals surface area contributed by atoms with Crippen molar-refractivity contribution in [2.24, 2.45) is 0 Å². The summed E-state index contributed by atoms with van der Waals surface area (Å²) in [5.41, 5.74) is 1.88. The maximum atomic E-state index is 12.6. The number of carbonyl (C=O) groups excluding carboxylic acids is 1. The SMILES string of the molecule is CC1CN(C(=O)c2ccc3c(c2)CCO3)CC(CBr)O1. The van der Waals surface area contributed by atoms with Crippen LogP contribution < -0.4 is 4.74 Å². The number of fused-ring (bicyclic) bond motifs is 1. The van der Waals surface area contributed by atoms with Crippen LogP contribution in [0.2, 0.25) is 0 Å². The largest absolute Gasteiger partial charge is 0.493 e. The van der Waals surface area contributed by atoms with Gasteiger partial charge in [0.15, 0.2) is 0 Å². The molecule has 0 bridgehead atoms. The number of halogens is 1. The first-order valence-corrected chi connectivity index (χ1v) is 8.06. The van der Waals surface area contributed by atoms with Crippen LogP contribution in [0.15, 0.2) is 18.2 Å². The predicted octanol–water partition coefficient (Wildman–Crippen LogP) is 2.25. The average molecular weight is 340 g/mol. The maximum absolute atomic E-state index is 12.6. The Labute approximate surface area is 127 Å². The van der Waals surface area contributed by atoms with E-state index in [0.29, 0.717) is 19.7 Å². The van der Waals surface area contributed by atoms with Crippen molar-refractivity contribution in [1.82, 2.24) is 4.90 Å². The summed E-state index contributed by atoms with van der Waals surface area (Å²) in [5.74, 6) is 0.996. The van der Waals surface area contributed by atoms with Gasteiger partial charge in [0.2, 0.25) is 0 Å². The molecule has 2 heterocycles. The van der Waals surface area contributed by atoms with Crippen molar-refractivity contribution in [2.75, 3.05) is 25.0 Å². The second kappa shape index (κ2) is 5.74. The molecule has 5 heteroatoms. The molecule has 1 aromatic carbocycles. The number of ether oxygens (including phenoxy) is 2. The first-order valence-electron chi connectivity index (χ1n) is 6.94. The summed E-state index contributed by atoms with van der Waals surface area (Å²) >= 11 is 3.43. The fraction of sp³-hybridized carbons (Fsp3) is 0.533. The van der Waals surface area contributed by atoms with Crippen LogP contribution >= 0.6 is 15.9 Å². The third-order valence-corrected chi connectivity index (χ3v) is 4.44. The molecule has 0 radical (unpaired) electrons. The van der Waals surface area contributed by atoms with E-state index >= 15 is 0 Å². The van der Waals surface area contributed by atoms with Gasteiger partial charge >= 0.3 is 0 Å². The molecule has 0 saturated carbocycles. The molecule has 1 fully saturated rings. The summed E-state index contributed by atoms with van der Waals surface area (Å²) in [6.45, 7) is 4.01. The van der Waals surface area contributed by atoms with Crippen molar-refractivity contribution in [1.29, 1.82) is 0 Å². The van der Waals surface area contributed by atoms with E-state index in [1.807, 2.05) is 30.0 Å². The number of hydrogen-bond acceptors (Lipinski definition) is 3. The summed E-state index contributed by atoms with van der Waals surface area (Å²) in [5, 5.41) is 0.749. The standard InChI is InChI=1S/C15H18BrNO3/c1-10-8-17(9-13(7-16)20-10)15(18)12-2-3-14-11(6-12)4-5-19-14/h2-3,6,10,13H,4-5,7-9H2,1H3. The molecule has 2 unspecified atom stereocenters. The van der Waals surface area contributed by atoms with Crippen LogP contribution in [0.25, 0.3) is 0 Å². The fourth-order valence-electron chi connectivity index (χ4n) is 2.80. The van der Waals surface area contributed by atoms with Gasteiger partial charge in [0.05, 0.1) is 18.8 Å². The van der Waals surface area contributed by atoms with Gasteiger partial charge in [-0.25, -0.2) is 0 Å². The smallest absolute Gasteiger partial charge is 0.254 e. The highest BCUT2D eigenvalue weighted by Gasteiger charge is 2.28. The predicted molar refractivity (Wildman–Crippen MR) is 79.7 cm³/mol. The molecule has 1 amide bonds. The minimum absolute atomic E-state index is 0.0699. The average Bonchev–Trinajstić information content (AvgIpc) is 2.93. The van der Waals surface area contributed by atoms with Gasteiger partial charge in [-0.1, -0.05) is 15.9 Å². The number of morpholine rings is 1. The number of hydrogen-bond donors (Lipinski definition) is 0. The Kier molecular flexibility index (Phi) is 3.98. The Morgan fingerprint density at radius 1 is 1.45 bits per heavy atom. The van der Waals surface area contributed by atoms with Crippen LogP contribution in [0.1, 0.15) is 22.8 Å². The first kappa shape index (κ1) is 13.9. The van der Waals surface area contributed by atoms with Crippen molar-refractivity contribution in [2.45, 2.75) is 25.6 Å². The quantitative estimate of drug-likeness (QED) is 0.775. The number of benzene rings is 1. The summed E-state index contributed by atoms with van der Waals surface area (Å²) in [7, 11) is 0. The lowest BCUT2D eigenvalue weighted by atomic mass is 10.1. The molecule has 2 aliphatic heterocycles. The van der Waals surface area contributed by atoms with E-state index < -0.39 is 0 Å². The van der Waals surface area contributed by atoms with Gasteiger partial charge in [0.25, 0.3) is 5.91 Å². The molecule has 2 aliphatic rings. The minimum atomic E-state index is 0.0699. The lowest BCUT2D eigenvalue weighted by molar-refractivity contribution is -0.0559. The van der Waals surface area contributed by atoms with E-state index in [4.69, 9.17) is 9.47 Å². The van der Waals surface area contributed by atoms with Crippen LogP contribution in [-0.4, -0.2) is 48.0 Å². The van der Waals surface area contributed by atoms with Gasteiger partial charge in [-0.2, -0.15) is 0 Å². The first-order chi connectivity index (χ1) is 9.67. The van der Waals surface area contributed by atoms with Gasteiger partial charge in [-0.15, -0.1) is 0 Å². The highest BCUT2D eigenvalue weighted by molar-refractivity contribution is 9.09. The lowest BCUT2D eigenvalue weighted by Gasteiger charge is -2.36. The van der Waals surface area contributed by atoms with Gasteiger partial charge in [-0.3, -0.25) is 4.79 Å². The summed E-state index contributed by atoms with van der Waals surface area (Å²) in [6, 6.07) is 5.73. The van der Waals surface area contributed by atoms with E-state index in [2.05, 4.69) is 15.9 Å². The van der Waals surface area contributed by atoms with Crippen LogP contribution in [-0.2, 0) is 11.2 Å². The second-order valence-corrected chi connectivity index (χ2v) is 6.00. The molecule has 20 heavy (non-hydrogen) atoms. The number of carbonyl (C=O) groups is 1. The maximum Gasteiger partial charge on any atom is 0.254 e. The monoisotopic (exact) mass is 339 g/mol. The Morgan fingerprint density at radius 2 is 2.30 bits per heavy atom. The molecule has 3 rings (SSSR count). The highest BCUT2D eigenvalue weighted by atomic mass is 79.9. The Bertz CT molecular complexity index is 520. The van der Waals surface area contributed by atoms with E-state index in [9.17, 15) is 4.79 Å². The van der Waals surface area contributed by atoms with Crippen LogP contribution in [0.4, 0.5) is 0 Å². The zero-order chi connectivity index (χ0) is 14.1. The van der Waals surface area contributed by atoms with Crippen LogP contribution in [0, 0.1) is 0 Å². The zero-order valence-corrected chi connectivity index (χ0v) is 13.1. The molecule has 0 aromatic heterocycles. The zero-order valence-electron chi connectivity index (χ0n) is 11.5. The molecule has 108 valence electrons. The number of rotatable bonds is 2. The number of amides is 1. The molecular formula is C15H18BrNO3. The summed E-state index contributed by atoms with van der Waals surface area (Å²) in [4.78, 5) is 14.5. The topological polar surface area (TPSA) is 38.8 Å². The van der Waals surface area contributed by atoms with Crippen molar-refractivity contribution < 1.29 is 14.3 Å². The lowest BCUT2D eigenvalue weighted by Crippen LogP contribution is -2.49. The van der Waals surface area contributed by atoms with E-state index in [-0.39, 0.29) is 18.1 Å². The van der Waals surface area contributed by atoms with Crippen molar-refractivity contribution >= 4 is 21.8 Å². The van der Waals surface area contributed by atoms with Gasteiger partial charge in [-0.05, 0) is 30.7 Å². The third-order valence-electron chi connectivity index (χ3n) is 3.72. The van der Waals surface area contributed by atoms with Gasteiger partial charge in [0, 0.05) is 30.4 Å². The molecular weight excluding hydrogens is 322 g/mol. The highest BCUT2D eigenvalue weighted by Crippen LogP contribution is 2.27. The van der Waals surface area contributed by atoms with E-state index in [1.165, 1.54) is 0 Å². The Balaban J connectivity index is 1.78. The number of alkyl halides is 1. The summed E-state index contributed by atoms with van der Waals surface area (Å²) < 4.78 is 11.2. The van der Waals surface area contributed by atoms with Crippen molar-refractivity contribution in [3.8, 4) is 5.75 Å². The van der Waals surface area contributed by atoms with Crippen LogP contribution in [0.3, 0.4) is 0 Å². The molecule has 0 aliphatic carbocycles. The molecule has 2 atom stereocenters. The van der Waals surface area contributed by atoms with E-state index in [0.717, 1.165) is 28.6 Å². The van der Waals surface area contributed by atoms with E-state index in [1.54, 1.807) is 0 Å². The minimum Gasteiger partial charge on any atom is -0.493 e. The molecule has 0 N–H and O–H groups in total. The summed E-state index contributed by atoms with van der Waals surface area (Å²) in [6.07, 6.45) is 1.04. The molecule has 4 nitrogen and oxygen atoms in total. The molecule has 1 aromatic rings. The van der Waals surface area contributed by atoms with Crippen molar-refractivity contribution in [3.63, 3.8) is 0 Å². The number of nitrogens with zero attached hydrogens (tertiary/aromatic N) is 1.